The second-order valence-electron chi connectivity index (χ2n) is 6.35. The third-order valence-electron chi connectivity index (χ3n) is 3.49. The van der Waals surface area contributed by atoms with Crippen molar-refractivity contribution in [2.75, 3.05) is 34.4 Å². The van der Waals surface area contributed by atoms with Gasteiger partial charge in [-0.15, -0.1) is 0 Å². The molecule has 1 N–H and O–H groups in total. The van der Waals surface area contributed by atoms with Crippen LogP contribution in [0.1, 0.15) is 31.9 Å². The molecule has 118 valence electrons. The SMILES string of the molecule is COCC(C)(C)C(=O)N[C@H](CCN(C)C)c1ccccc1. The summed E-state index contributed by atoms with van der Waals surface area (Å²) in [5.41, 5.74) is 0.612. The second kappa shape index (κ2) is 8.15. The zero-order valence-electron chi connectivity index (χ0n) is 13.8. The molecule has 0 bridgehead atoms. The van der Waals surface area contributed by atoms with Crippen molar-refractivity contribution in [2.45, 2.75) is 26.3 Å². The van der Waals surface area contributed by atoms with Gasteiger partial charge in [-0.3, -0.25) is 4.79 Å². The first-order valence-electron chi connectivity index (χ1n) is 7.36. The van der Waals surface area contributed by atoms with Gasteiger partial charge in [-0.05, 0) is 46.5 Å². The molecule has 4 heteroatoms. The van der Waals surface area contributed by atoms with E-state index in [1.807, 2.05) is 46.1 Å². The predicted molar refractivity (Wildman–Crippen MR) is 86.2 cm³/mol. The van der Waals surface area contributed by atoms with Gasteiger partial charge in [0.15, 0.2) is 0 Å². The summed E-state index contributed by atoms with van der Waals surface area (Å²) in [4.78, 5) is 14.6. The number of nitrogens with one attached hydrogen (secondary N) is 1. The van der Waals surface area contributed by atoms with Gasteiger partial charge in [-0.25, -0.2) is 0 Å². The molecule has 1 aromatic rings. The lowest BCUT2D eigenvalue weighted by Gasteiger charge is -2.27. The predicted octanol–water partition coefficient (Wildman–Crippen LogP) is 2.47. The van der Waals surface area contributed by atoms with Crippen molar-refractivity contribution >= 4 is 5.91 Å². The van der Waals surface area contributed by atoms with Crippen molar-refractivity contribution in [3.8, 4) is 0 Å². The number of hydrogen-bond acceptors (Lipinski definition) is 3. The molecular formula is C17H28N2O2. The molecule has 4 nitrogen and oxygen atoms in total. The van der Waals surface area contributed by atoms with Gasteiger partial charge in [-0.1, -0.05) is 30.3 Å². The molecule has 21 heavy (non-hydrogen) atoms. The number of benzene rings is 1. The Balaban J connectivity index is 2.80. The van der Waals surface area contributed by atoms with Crippen LogP contribution in [-0.4, -0.2) is 45.2 Å². The zero-order valence-corrected chi connectivity index (χ0v) is 13.8. The summed E-state index contributed by atoms with van der Waals surface area (Å²) in [6, 6.07) is 10.1. The quantitative estimate of drug-likeness (QED) is 0.800. The highest BCUT2D eigenvalue weighted by Crippen LogP contribution is 2.21. The lowest BCUT2D eigenvalue weighted by atomic mass is 9.92. The van der Waals surface area contributed by atoms with E-state index in [1.165, 1.54) is 0 Å². The van der Waals surface area contributed by atoms with Crippen LogP contribution in [-0.2, 0) is 9.53 Å². The molecule has 0 aliphatic heterocycles. The van der Waals surface area contributed by atoms with Gasteiger partial charge in [0, 0.05) is 7.11 Å². The summed E-state index contributed by atoms with van der Waals surface area (Å²) in [5.74, 6) is 0.0250. The molecule has 1 amide bonds. The number of ether oxygens (including phenoxy) is 1. The standard InChI is InChI=1S/C17H28N2O2/c1-17(2,13-21-5)16(20)18-15(11-12-19(3)4)14-9-7-6-8-10-14/h6-10,15H,11-13H2,1-5H3,(H,18,20)/t15-/m1/s1. The molecule has 0 saturated heterocycles. The van der Waals surface area contributed by atoms with Crippen LogP contribution >= 0.6 is 0 Å². The highest BCUT2D eigenvalue weighted by atomic mass is 16.5. The third kappa shape index (κ3) is 5.86. The Hall–Kier alpha value is -1.39. The molecule has 0 heterocycles. The maximum absolute atomic E-state index is 12.5. The number of nitrogens with zero attached hydrogens (tertiary/aromatic N) is 1. The van der Waals surface area contributed by atoms with Gasteiger partial charge in [0.25, 0.3) is 0 Å². The first kappa shape index (κ1) is 17.7. The number of hydrogen-bond donors (Lipinski definition) is 1. The lowest BCUT2D eigenvalue weighted by Crippen LogP contribution is -2.42. The van der Waals surface area contributed by atoms with Crippen molar-refractivity contribution in [1.82, 2.24) is 10.2 Å². The van der Waals surface area contributed by atoms with Gasteiger partial charge in [0.1, 0.15) is 0 Å². The van der Waals surface area contributed by atoms with Crippen LogP contribution in [0.3, 0.4) is 0 Å². The van der Waals surface area contributed by atoms with Crippen LogP contribution in [0.2, 0.25) is 0 Å². The Kier molecular flexibility index (Phi) is 6.85. The minimum Gasteiger partial charge on any atom is -0.384 e. The molecule has 1 aromatic carbocycles. The Bertz CT molecular complexity index is 430. The fourth-order valence-electron chi connectivity index (χ4n) is 2.17. The molecule has 0 radical (unpaired) electrons. The van der Waals surface area contributed by atoms with Crippen molar-refractivity contribution in [3.63, 3.8) is 0 Å². The highest BCUT2D eigenvalue weighted by Gasteiger charge is 2.29. The molecular weight excluding hydrogens is 264 g/mol. The normalized spacial score (nSPS) is 13.2. The molecule has 0 spiro atoms. The largest absolute Gasteiger partial charge is 0.384 e. The highest BCUT2D eigenvalue weighted by molar-refractivity contribution is 5.82. The average molecular weight is 292 g/mol. The van der Waals surface area contributed by atoms with E-state index in [0.717, 1.165) is 18.5 Å². The van der Waals surface area contributed by atoms with E-state index in [4.69, 9.17) is 4.74 Å². The molecule has 0 aromatic heterocycles. The zero-order chi connectivity index (χ0) is 15.9. The van der Waals surface area contributed by atoms with Crippen LogP contribution in [0, 0.1) is 5.41 Å². The van der Waals surface area contributed by atoms with Crippen molar-refractivity contribution < 1.29 is 9.53 Å². The number of carbonyl (C=O) groups is 1. The van der Waals surface area contributed by atoms with E-state index < -0.39 is 5.41 Å². The maximum Gasteiger partial charge on any atom is 0.228 e. The minimum absolute atomic E-state index is 0.0250. The molecule has 1 rings (SSSR count). The van der Waals surface area contributed by atoms with E-state index in [0.29, 0.717) is 6.61 Å². The lowest BCUT2D eigenvalue weighted by molar-refractivity contribution is -0.132. The van der Waals surface area contributed by atoms with Gasteiger partial charge >= 0.3 is 0 Å². The van der Waals surface area contributed by atoms with E-state index in [9.17, 15) is 4.79 Å². The molecule has 0 aliphatic carbocycles. The van der Waals surface area contributed by atoms with E-state index in [-0.39, 0.29) is 11.9 Å². The summed E-state index contributed by atoms with van der Waals surface area (Å²) in [6.07, 6.45) is 0.881. The van der Waals surface area contributed by atoms with E-state index in [2.05, 4.69) is 22.3 Å². The fraction of sp³-hybridized carbons (Fsp3) is 0.588. The van der Waals surface area contributed by atoms with Gasteiger partial charge < -0.3 is 15.0 Å². The first-order chi connectivity index (χ1) is 9.86. The summed E-state index contributed by atoms with van der Waals surface area (Å²) < 4.78 is 5.14. The van der Waals surface area contributed by atoms with Crippen molar-refractivity contribution in [3.05, 3.63) is 35.9 Å². The van der Waals surface area contributed by atoms with E-state index in [1.54, 1.807) is 7.11 Å². The molecule has 0 unspecified atom stereocenters. The monoisotopic (exact) mass is 292 g/mol. The fourth-order valence-corrected chi connectivity index (χ4v) is 2.17. The van der Waals surface area contributed by atoms with Gasteiger partial charge in [0.2, 0.25) is 5.91 Å². The summed E-state index contributed by atoms with van der Waals surface area (Å²) in [6.45, 7) is 5.14. The third-order valence-corrected chi connectivity index (χ3v) is 3.49. The Labute approximate surface area is 128 Å². The van der Waals surface area contributed by atoms with E-state index >= 15 is 0 Å². The minimum atomic E-state index is -0.528. The Morgan fingerprint density at radius 3 is 2.43 bits per heavy atom. The number of methoxy groups -OCH3 is 1. The van der Waals surface area contributed by atoms with Crippen molar-refractivity contribution in [1.29, 1.82) is 0 Å². The first-order valence-corrected chi connectivity index (χ1v) is 7.36. The number of rotatable bonds is 8. The van der Waals surface area contributed by atoms with Crippen molar-refractivity contribution in [2.24, 2.45) is 5.41 Å². The van der Waals surface area contributed by atoms with Gasteiger partial charge in [0.05, 0.1) is 18.1 Å². The average Bonchev–Trinajstić information content (AvgIpc) is 2.43. The Morgan fingerprint density at radius 2 is 1.90 bits per heavy atom. The second-order valence-corrected chi connectivity index (χ2v) is 6.35. The molecule has 0 saturated carbocycles. The maximum atomic E-state index is 12.5. The Morgan fingerprint density at radius 1 is 1.29 bits per heavy atom. The molecule has 1 atom stereocenters. The summed E-state index contributed by atoms with van der Waals surface area (Å²) in [7, 11) is 5.70. The van der Waals surface area contributed by atoms with Crippen LogP contribution < -0.4 is 5.32 Å². The molecule has 0 fully saturated rings. The molecule has 0 aliphatic rings. The summed E-state index contributed by atoms with van der Waals surface area (Å²) >= 11 is 0. The number of amides is 1. The number of carbonyl (C=O) groups excluding carboxylic acids is 1. The van der Waals surface area contributed by atoms with Crippen LogP contribution in [0.4, 0.5) is 0 Å². The van der Waals surface area contributed by atoms with Crippen LogP contribution in [0.15, 0.2) is 30.3 Å². The van der Waals surface area contributed by atoms with Crippen LogP contribution in [0.5, 0.6) is 0 Å². The van der Waals surface area contributed by atoms with Crippen LogP contribution in [0.25, 0.3) is 0 Å². The summed E-state index contributed by atoms with van der Waals surface area (Å²) in [5, 5.41) is 3.17. The van der Waals surface area contributed by atoms with Gasteiger partial charge in [-0.2, -0.15) is 0 Å². The topological polar surface area (TPSA) is 41.6 Å². The smallest absolute Gasteiger partial charge is 0.228 e.